The van der Waals surface area contributed by atoms with Crippen LogP contribution in [0.1, 0.15) is 70.1 Å². The molecule has 1 atom stereocenters. The average molecular weight is 599 g/mol. The summed E-state index contributed by atoms with van der Waals surface area (Å²) >= 11 is 0. The molecule has 2 N–H and O–H groups in total. The molecule has 2 fully saturated rings. The minimum atomic E-state index is -0.488. The molecule has 44 heavy (non-hydrogen) atoms. The van der Waals surface area contributed by atoms with Gasteiger partial charge in [0.1, 0.15) is 23.4 Å². The molecule has 1 amide bonds. The van der Waals surface area contributed by atoms with E-state index in [-0.39, 0.29) is 12.1 Å². The molecule has 1 aliphatic carbocycles. The number of imidazole rings is 1. The van der Waals surface area contributed by atoms with E-state index in [0.717, 1.165) is 65.6 Å². The monoisotopic (exact) mass is 598 g/mol. The van der Waals surface area contributed by atoms with Crippen LogP contribution in [0.25, 0.3) is 22.3 Å². The first kappa shape index (κ1) is 29.8. The molecule has 11 nitrogen and oxygen atoms in total. The minimum absolute atomic E-state index is 0.197. The molecule has 232 valence electrons. The molecular weight excluding hydrogens is 556 g/mol. The Hall–Kier alpha value is -4.25. The van der Waals surface area contributed by atoms with Crippen molar-refractivity contribution in [3.05, 3.63) is 59.9 Å². The molecule has 1 saturated carbocycles. The molecule has 1 unspecified atom stereocenters. The van der Waals surface area contributed by atoms with Gasteiger partial charge < -0.3 is 24.7 Å². The molecule has 0 bridgehead atoms. The van der Waals surface area contributed by atoms with Crippen molar-refractivity contribution in [2.75, 3.05) is 38.6 Å². The van der Waals surface area contributed by atoms with Crippen LogP contribution in [0.3, 0.4) is 0 Å². The molecule has 4 aromatic rings. The molecule has 3 aromatic heterocycles. The number of pyridine rings is 1. The lowest BCUT2D eigenvalue weighted by molar-refractivity contribution is 0.0110. The molecule has 0 radical (unpaired) electrons. The van der Waals surface area contributed by atoms with Crippen LogP contribution < -0.4 is 10.1 Å². The van der Waals surface area contributed by atoms with Crippen LogP contribution >= 0.6 is 0 Å². The van der Waals surface area contributed by atoms with Gasteiger partial charge in [0.2, 0.25) is 0 Å². The van der Waals surface area contributed by atoms with Crippen molar-refractivity contribution in [2.45, 2.75) is 71.1 Å². The Morgan fingerprint density at radius 1 is 1.09 bits per heavy atom. The lowest BCUT2D eigenvalue weighted by Gasteiger charge is -2.38. The van der Waals surface area contributed by atoms with Gasteiger partial charge >= 0.3 is 6.09 Å². The number of nitrogens with one attached hydrogen (secondary N) is 2. The fraction of sp³-hybridized carbons (Fsp3) is 0.485. The molecule has 6 rings (SSSR count). The van der Waals surface area contributed by atoms with Crippen molar-refractivity contribution >= 4 is 22.9 Å². The lowest BCUT2D eigenvalue weighted by Crippen LogP contribution is -2.50. The van der Waals surface area contributed by atoms with Crippen molar-refractivity contribution in [1.29, 1.82) is 0 Å². The Morgan fingerprint density at radius 3 is 2.59 bits per heavy atom. The van der Waals surface area contributed by atoms with E-state index in [4.69, 9.17) is 14.5 Å². The number of aromatic nitrogens is 5. The van der Waals surface area contributed by atoms with E-state index in [0.29, 0.717) is 31.3 Å². The van der Waals surface area contributed by atoms with Gasteiger partial charge in [0.15, 0.2) is 11.6 Å². The second-order valence-corrected chi connectivity index (χ2v) is 12.7. The van der Waals surface area contributed by atoms with Crippen molar-refractivity contribution in [1.82, 2.24) is 34.7 Å². The second-order valence-electron chi connectivity index (χ2n) is 12.7. The number of anilines is 1. The summed E-state index contributed by atoms with van der Waals surface area (Å²) in [5.41, 5.74) is 5.15. The van der Waals surface area contributed by atoms with Crippen molar-refractivity contribution in [2.24, 2.45) is 0 Å². The lowest BCUT2D eigenvalue weighted by atomic mass is 9.93. The number of H-pyrrole nitrogens is 1. The van der Waals surface area contributed by atoms with Crippen LogP contribution in [-0.4, -0.2) is 85.7 Å². The predicted molar refractivity (Wildman–Crippen MR) is 170 cm³/mol. The average Bonchev–Trinajstić information content (AvgIpc) is 3.39. The summed E-state index contributed by atoms with van der Waals surface area (Å²) in [7, 11) is 1.66. The summed E-state index contributed by atoms with van der Waals surface area (Å²) < 4.78 is 11.3. The zero-order valence-electron chi connectivity index (χ0n) is 26.3. The first-order valence-corrected chi connectivity index (χ1v) is 15.5. The first-order valence-electron chi connectivity index (χ1n) is 15.5. The number of piperazine rings is 1. The summed E-state index contributed by atoms with van der Waals surface area (Å²) in [6.07, 6.45) is 7.34. The maximum Gasteiger partial charge on any atom is 0.410 e. The molecule has 1 aliphatic heterocycles. The number of carbonyl (C=O) groups is 1. The Balaban J connectivity index is 1.13. The number of carbonyl (C=O) groups excluding carboxylic acids is 1. The smallest absolute Gasteiger partial charge is 0.410 e. The third-order valence-electron chi connectivity index (χ3n) is 8.44. The van der Waals surface area contributed by atoms with E-state index in [1.165, 1.54) is 12.0 Å². The van der Waals surface area contributed by atoms with Crippen molar-refractivity contribution < 1.29 is 14.3 Å². The number of methoxy groups -OCH3 is 1. The van der Waals surface area contributed by atoms with Crippen LogP contribution in [-0.2, 0) is 11.2 Å². The second kappa shape index (κ2) is 12.4. The van der Waals surface area contributed by atoms with Crippen LogP contribution in [0.4, 0.5) is 10.6 Å². The third-order valence-corrected chi connectivity index (χ3v) is 8.44. The molecule has 2 aliphatic rings. The van der Waals surface area contributed by atoms with Gasteiger partial charge in [0, 0.05) is 62.1 Å². The standard InChI is InChI=1S/C33H42N8O3/c1-21(40-13-15-41(16-14-40)32(42)44-33(2,3)4)22-11-12-34-25(17-22)19-28-38-26-10-9-23(18-27(26)39-28)29-30(43-5)31(36-20-35-29)37-24-7-6-8-24/h9-12,17-18,20-21,24H,6-8,13-16,19H2,1-5H3,(H,38,39)(H,35,36,37). The van der Waals surface area contributed by atoms with Crippen LogP contribution in [0.2, 0.25) is 0 Å². The predicted octanol–water partition coefficient (Wildman–Crippen LogP) is 5.59. The number of nitrogens with zero attached hydrogens (tertiary/aromatic N) is 6. The van der Waals surface area contributed by atoms with E-state index >= 15 is 0 Å². The minimum Gasteiger partial charge on any atom is -0.491 e. The van der Waals surface area contributed by atoms with Gasteiger partial charge in [-0.05, 0) is 76.8 Å². The Kier molecular flexibility index (Phi) is 8.40. The van der Waals surface area contributed by atoms with Gasteiger partial charge in [-0.3, -0.25) is 9.88 Å². The Bertz CT molecular complexity index is 1620. The van der Waals surface area contributed by atoms with Crippen LogP contribution in [0, 0.1) is 0 Å². The fourth-order valence-electron chi connectivity index (χ4n) is 5.77. The first-order chi connectivity index (χ1) is 21.2. The highest BCUT2D eigenvalue weighted by Crippen LogP contribution is 2.36. The van der Waals surface area contributed by atoms with E-state index in [1.807, 2.05) is 39.1 Å². The number of amides is 1. The number of hydrogen-bond acceptors (Lipinski definition) is 9. The van der Waals surface area contributed by atoms with E-state index in [2.05, 4.69) is 55.3 Å². The number of benzene rings is 1. The van der Waals surface area contributed by atoms with E-state index < -0.39 is 5.60 Å². The van der Waals surface area contributed by atoms with Gasteiger partial charge in [0.05, 0.1) is 18.1 Å². The summed E-state index contributed by atoms with van der Waals surface area (Å²) in [5, 5.41) is 3.50. The highest BCUT2D eigenvalue weighted by atomic mass is 16.6. The Labute approximate surface area is 258 Å². The largest absolute Gasteiger partial charge is 0.491 e. The molecule has 0 spiro atoms. The fourth-order valence-corrected chi connectivity index (χ4v) is 5.77. The summed E-state index contributed by atoms with van der Waals surface area (Å²) in [4.78, 5) is 38.7. The van der Waals surface area contributed by atoms with Crippen molar-refractivity contribution in [3.63, 3.8) is 0 Å². The SMILES string of the molecule is COc1c(NC2CCC2)ncnc1-c1ccc2nc(Cc3cc(C(C)N4CCN(C(=O)OC(C)(C)C)CC4)ccn3)[nH]c2c1. The molecule has 1 aromatic carbocycles. The maximum atomic E-state index is 12.5. The summed E-state index contributed by atoms with van der Waals surface area (Å²) in [6, 6.07) is 11.0. The zero-order chi connectivity index (χ0) is 30.8. The Morgan fingerprint density at radius 2 is 1.89 bits per heavy atom. The van der Waals surface area contributed by atoms with Crippen molar-refractivity contribution in [3.8, 4) is 17.0 Å². The maximum absolute atomic E-state index is 12.5. The van der Waals surface area contributed by atoms with Gasteiger partial charge in [-0.1, -0.05) is 6.07 Å². The highest BCUT2D eigenvalue weighted by Gasteiger charge is 2.28. The molecule has 11 heteroatoms. The normalized spacial score (nSPS) is 16.9. The van der Waals surface area contributed by atoms with Crippen LogP contribution in [0.5, 0.6) is 5.75 Å². The third kappa shape index (κ3) is 6.62. The summed E-state index contributed by atoms with van der Waals surface area (Å²) in [6.45, 7) is 10.8. The number of aromatic amines is 1. The zero-order valence-corrected chi connectivity index (χ0v) is 26.3. The quantitative estimate of drug-likeness (QED) is 0.267. The highest BCUT2D eigenvalue weighted by molar-refractivity contribution is 5.83. The van der Waals surface area contributed by atoms with Gasteiger partial charge in [-0.25, -0.2) is 19.7 Å². The topological polar surface area (TPSA) is 121 Å². The summed E-state index contributed by atoms with van der Waals surface area (Å²) in [5.74, 6) is 2.24. The number of fused-ring (bicyclic) bond motifs is 1. The van der Waals surface area contributed by atoms with Gasteiger partial charge in [-0.15, -0.1) is 0 Å². The number of ether oxygens (including phenoxy) is 2. The molecular formula is C33H42N8O3. The van der Waals surface area contributed by atoms with Gasteiger partial charge in [-0.2, -0.15) is 0 Å². The van der Waals surface area contributed by atoms with E-state index in [9.17, 15) is 4.79 Å². The molecule has 1 saturated heterocycles. The van der Waals surface area contributed by atoms with E-state index in [1.54, 1.807) is 18.3 Å². The van der Waals surface area contributed by atoms with Crippen LogP contribution in [0.15, 0.2) is 42.9 Å². The number of hydrogen-bond donors (Lipinski definition) is 2. The molecule has 4 heterocycles. The number of rotatable bonds is 8. The van der Waals surface area contributed by atoms with Gasteiger partial charge in [0.25, 0.3) is 0 Å².